The summed E-state index contributed by atoms with van der Waals surface area (Å²) < 4.78 is 0. The van der Waals surface area contributed by atoms with Gasteiger partial charge >= 0.3 is 0 Å². The van der Waals surface area contributed by atoms with E-state index in [1.54, 1.807) is 11.1 Å². The van der Waals surface area contributed by atoms with E-state index in [0.29, 0.717) is 0 Å². The van der Waals surface area contributed by atoms with E-state index in [4.69, 9.17) is 0 Å². The maximum absolute atomic E-state index is 2.44. The molecule has 0 aromatic rings. The van der Waals surface area contributed by atoms with Gasteiger partial charge in [0.2, 0.25) is 0 Å². The molecule has 0 heterocycles. The lowest BCUT2D eigenvalue weighted by molar-refractivity contribution is 0.959. The summed E-state index contributed by atoms with van der Waals surface area (Å²) in [5.74, 6) is 0. The molecule has 0 N–H and O–H groups in total. The van der Waals surface area contributed by atoms with Crippen LogP contribution in [-0.4, -0.2) is 7.85 Å². The third-order valence-corrected chi connectivity index (χ3v) is 4.86. The molecule has 0 bridgehead atoms. The van der Waals surface area contributed by atoms with Crippen molar-refractivity contribution in [2.45, 2.75) is 46.0 Å². The Morgan fingerprint density at radius 1 is 1.05 bits per heavy atom. The molecule has 0 saturated heterocycles. The first kappa shape index (κ1) is 15.2. The van der Waals surface area contributed by atoms with Gasteiger partial charge < -0.3 is 0 Å². The molecule has 0 aromatic heterocycles. The predicted molar refractivity (Wildman–Crippen MR) is 99.6 cm³/mol. The van der Waals surface area contributed by atoms with Gasteiger partial charge in [0.15, 0.2) is 0 Å². The van der Waals surface area contributed by atoms with Crippen LogP contribution < -0.4 is 0 Å². The average molecular weight is 288 g/mol. The summed E-state index contributed by atoms with van der Waals surface area (Å²) in [7, 11) is 2.28. The lowest BCUT2D eigenvalue weighted by Crippen LogP contribution is -2.09. The number of hydrogen-bond acceptors (Lipinski definition) is 0. The van der Waals surface area contributed by atoms with Crippen molar-refractivity contribution in [1.82, 2.24) is 0 Å². The summed E-state index contributed by atoms with van der Waals surface area (Å²) in [5.41, 5.74) is 10.7. The molecule has 0 radical (unpaired) electrons. The minimum Gasteiger partial charge on any atom is -0.105 e. The van der Waals surface area contributed by atoms with Gasteiger partial charge in [0, 0.05) is 0 Å². The van der Waals surface area contributed by atoms with Crippen molar-refractivity contribution in [3.8, 4) is 0 Å². The number of rotatable bonds is 2. The minimum absolute atomic E-state index is 1.07. The van der Waals surface area contributed by atoms with E-state index >= 15 is 0 Å². The van der Waals surface area contributed by atoms with E-state index in [9.17, 15) is 0 Å². The van der Waals surface area contributed by atoms with Gasteiger partial charge in [-0.25, -0.2) is 0 Å². The van der Waals surface area contributed by atoms with Crippen molar-refractivity contribution < 1.29 is 0 Å². The molecular weight excluding hydrogens is 263 g/mol. The van der Waals surface area contributed by atoms with Crippen LogP contribution in [0.5, 0.6) is 0 Å². The normalized spacial score (nSPS) is 24.0. The second kappa shape index (κ2) is 6.56. The highest BCUT2D eigenvalue weighted by molar-refractivity contribution is 6.22. The van der Waals surface area contributed by atoms with Crippen molar-refractivity contribution in [1.29, 1.82) is 0 Å². The van der Waals surface area contributed by atoms with E-state index in [-0.39, 0.29) is 0 Å². The summed E-state index contributed by atoms with van der Waals surface area (Å²) in [4.78, 5) is 0. The molecule has 0 aromatic carbocycles. The Morgan fingerprint density at radius 3 is 2.55 bits per heavy atom. The van der Waals surface area contributed by atoms with Crippen LogP contribution >= 0.6 is 0 Å². The van der Waals surface area contributed by atoms with Gasteiger partial charge in [0.25, 0.3) is 0 Å². The van der Waals surface area contributed by atoms with Crippen molar-refractivity contribution in [3.63, 3.8) is 0 Å². The maximum atomic E-state index is 2.44. The van der Waals surface area contributed by atoms with Crippen LogP contribution in [0, 0.1) is 0 Å². The Bertz CT molecular complexity index is 679. The standard InChI is InChI=1S/C21H25B/c1-3-8-20(18-11-6-4-9-15(18)2)21-14-17(22)13-16-10-5-7-12-19(16)21/h3-8,14H,9-13,22H2,1-2H3/b8-3-,21-20+. The topological polar surface area (TPSA) is 0 Å². The van der Waals surface area contributed by atoms with Crippen molar-refractivity contribution in [3.05, 3.63) is 81.4 Å². The van der Waals surface area contributed by atoms with E-state index < -0.39 is 0 Å². The fraction of sp³-hybridized carbons (Fsp3) is 0.333. The second-order valence-corrected chi connectivity index (χ2v) is 6.60. The molecule has 0 aliphatic heterocycles. The SMILES string of the molecule is BC1=C/C(=C(/C=C\C)C2=C(C)CC=CC2)C2=C(CC=CC2)C1. The monoisotopic (exact) mass is 288 g/mol. The molecule has 0 fully saturated rings. The van der Waals surface area contributed by atoms with Crippen molar-refractivity contribution in [2.75, 3.05) is 0 Å². The second-order valence-electron chi connectivity index (χ2n) is 6.60. The zero-order valence-electron chi connectivity index (χ0n) is 14.1. The lowest BCUT2D eigenvalue weighted by atomic mass is 9.74. The van der Waals surface area contributed by atoms with Gasteiger partial charge in [-0.05, 0) is 68.2 Å². The molecule has 3 aliphatic rings. The summed E-state index contributed by atoms with van der Waals surface area (Å²) >= 11 is 0. The molecule has 22 heavy (non-hydrogen) atoms. The smallest absolute Gasteiger partial charge is 0.105 e. The maximum Gasteiger partial charge on any atom is 0.134 e. The van der Waals surface area contributed by atoms with Gasteiger partial charge in [0.05, 0.1) is 0 Å². The Balaban J connectivity index is 2.17. The van der Waals surface area contributed by atoms with Crippen LogP contribution in [0.3, 0.4) is 0 Å². The molecule has 0 saturated carbocycles. The van der Waals surface area contributed by atoms with Crippen molar-refractivity contribution >= 4 is 7.85 Å². The van der Waals surface area contributed by atoms with Crippen LogP contribution in [0.4, 0.5) is 0 Å². The van der Waals surface area contributed by atoms with E-state index in [0.717, 1.165) is 32.1 Å². The van der Waals surface area contributed by atoms with E-state index in [1.807, 2.05) is 0 Å². The van der Waals surface area contributed by atoms with E-state index in [2.05, 4.69) is 64.2 Å². The molecular formula is C21H25B. The van der Waals surface area contributed by atoms with E-state index in [1.165, 1.54) is 27.8 Å². The quantitative estimate of drug-likeness (QED) is 0.490. The first-order valence-corrected chi connectivity index (χ1v) is 8.45. The fourth-order valence-electron chi connectivity index (χ4n) is 3.75. The number of allylic oxidation sites excluding steroid dienone is 14. The van der Waals surface area contributed by atoms with Crippen LogP contribution in [0.1, 0.15) is 46.0 Å². The number of hydrogen-bond donors (Lipinski definition) is 0. The lowest BCUT2D eigenvalue weighted by Gasteiger charge is -2.27. The Morgan fingerprint density at radius 2 is 1.77 bits per heavy atom. The highest BCUT2D eigenvalue weighted by Crippen LogP contribution is 2.39. The van der Waals surface area contributed by atoms with Crippen LogP contribution in [-0.2, 0) is 0 Å². The van der Waals surface area contributed by atoms with Crippen LogP contribution in [0.25, 0.3) is 0 Å². The molecule has 3 rings (SSSR count). The molecule has 0 nitrogen and oxygen atoms in total. The summed E-state index contributed by atoms with van der Waals surface area (Å²) in [6.45, 7) is 4.42. The Hall–Kier alpha value is -1.76. The van der Waals surface area contributed by atoms with Gasteiger partial charge in [0.1, 0.15) is 7.85 Å². The molecule has 1 heteroatoms. The Labute approximate surface area is 135 Å². The summed E-state index contributed by atoms with van der Waals surface area (Å²) in [6, 6.07) is 0. The summed E-state index contributed by atoms with van der Waals surface area (Å²) in [5, 5.41) is 0. The highest BCUT2D eigenvalue weighted by atomic mass is 14.2. The highest BCUT2D eigenvalue weighted by Gasteiger charge is 2.21. The Kier molecular flexibility index (Phi) is 4.52. The zero-order valence-corrected chi connectivity index (χ0v) is 14.1. The van der Waals surface area contributed by atoms with Gasteiger partial charge in [-0.15, -0.1) is 5.47 Å². The first-order valence-electron chi connectivity index (χ1n) is 8.45. The van der Waals surface area contributed by atoms with Gasteiger partial charge in [-0.1, -0.05) is 53.7 Å². The third kappa shape index (κ3) is 2.90. The van der Waals surface area contributed by atoms with Crippen molar-refractivity contribution in [2.24, 2.45) is 0 Å². The molecule has 0 spiro atoms. The molecule has 112 valence electrons. The molecule has 0 amide bonds. The van der Waals surface area contributed by atoms with Crippen LogP contribution in [0.15, 0.2) is 81.4 Å². The molecule has 3 aliphatic carbocycles. The van der Waals surface area contributed by atoms with Crippen LogP contribution in [0.2, 0.25) is 0 Å². The average Bonchev–Trinajstić information content (AvgIpc) is 2.53. The molecule has 0 atom stereocenters. The first-order chi connectivity index (χ1) is 10.7. The third-order valence-electron chi connectivity index (χ3n) is 4.86. The minimum atomic E-state index is 1.07. The predicted octanol–water partition coefficient (Wildman–Crippen LogP) is 5.09. The van der Waals surface area contributed by atoms with Gasteiger partial charge in [-0.2, -0.15) is 0 Å². The largest absolute Gasteiger partial charge is 0.134 e. The molecule has 0 unspecified atom stereocenters. The fourth-order valence-corrected chi connectivity index (χ4v) is 3.75. The zero-order chi connectivity index (χ0) is 15.5. The summed E-state index contributed by atoms with van der Waals surface area (Å²) in [6.07, 6.45) is 21.8. The van der Waals surface area contributed by atoms with Gasteiger partial charge in [-0.3, -0.25) is 0 Å².